The summed E-state index contributed by atoms with van der Waals surface area (Å²) in [5.74, 6) is -0.0124. The highest BCUT2D eigenvalue weighted by atomic mass is 32.2. The summed E-state index contributed by atoms with van der Waals surface area (Å²) in [4.78, 5) is 14.6. The Balaban J connectivity index is 1.75. The lowest BCUT2D eigenvalue weighted by atomic mass is 10.2. The molecule has 3 heterocycles. The van der Waals surface area contributed by atoms with Crippen molar-refractivity contribution < 1.29 is 13.2 Å². The molecule has 2 aromatic rings. The smallest absolute Gasteiger partial charge is 0.287 e. The SMILES string of the molecule is Cc1nn([C@@H]2CCS(=O)(=O)C2)c(C)c1/C=N\NC(=O)c1ccc[nH]1. The number of nitrogens with zero attached hydrogens (tertiary/aromatic N) is 3. The van der Waals surface area contributed by atoms with Gasteiger partial charge in [-0.3, -0.25) is 9.48 Å². The number of hydrazone groups is 1. The summed E-state index contributed by atoms with van der Waals surface area (Å²) in [6, 6.07) is 3.25. The van der Waals surface area contributed by atoms with E-state index in [1.807, 2.05) is 13.8 Å². The Morgan fingerprint density at radius 1 is 1.50 bits per heavy atom. The number of aryl methyl sites for hydroxylation is 1. The van der Waals surface area contributed by atoms with Gasteiger partial charge in [0, 0.05) is 17.5 Å². The summed E-state index contributed by atoms with van der Waals surface area (Å²) in [7, 11) is -2.97. The number of carbonyl (C=O) groups is 1. The van der Waals surface area contributed by atoms with Crippen LogP contribution in [0.1, 0.15) is 39.9 Å². The standard InChI is InChI=1S/C15H19N5O3S/c1-10-13(8-17-18-15(21)14-4-3-6-16-14)11(2)20(19-10)12-5-7-24(22,23)9-12/h3-4,6,8,12,16H,5,7,9H2,1-2H3,(H,18,21)/b17-8-/t12-/m1/s1. The van der Waals surface area contributed by atoms with E-state index in [-0.39, 0.29) is 23.5 Å². The third kappa shape index (κ3) is 3.25. The van der Waals surface area contributed by atoms with Crippen LogP contribution in [0.3, 0.4) is 0 Å². The fourth-order valence-electron chi connectivity index (χ4n) is 2.87. The molecule has 1 atom stereocenters. The van der Waals surface area contributed by atoms with Crippen LogP contribution in [0.4, 0.5) is 0 Å². The van der Waals surface area contributed by atoms with Gasteiger partial charge in [0.15, 0.2) is 9.84 Å². The highest BCUT2D eigenvalue weighted by molar-refractivity contribution is 7.91. The van der Waals surface area contributed by atoms with Crippen molar-refractivity contribution in [2.24, 2.45) is 5.10 Å². The van der Waals surface area contributed by atoms with Crippen LogP contribution < -0.4 is 5.43 Å². The quantitative estimate of drug-likeness (QED) is 0.632. The maximum atomic E-state index is 11.8. The topological polar surface area (TPSA) is 109 Å². The first-order chi connectivity index (χ1) is 11.4. The first-order valence-corrected chi connectivity index (χ1v) is 9.42. The molecule has 1 aliphatic rings. The van der Waals surface area contributed by atoms with E-state index >= 15 is 0 Å². The molecule has 3 rings (SSSR count). The number of hydrogen-bond donors (Lipinski definition) is 2. The van der Waals surface area contributed by atoms with E-state index in [9.17, 15) is 13.2 Å². The number of sulfone groups is 1. The van der Waals surface area contributed by atoms with Crippen molar-refractivity contribution in [2.45, 2.75) is 26.3 Å². The number of carbonyl (C=O) groups excluding carboxylic acids is 1. The Morgan fingerprint density at radius 2 is 2.29 bits per heavy atom. The summed E-state index contributed by atoms with van der Waals surface area (Å²) in [6.07, 6.45) is 3.77. The van der Waals surface area contributed by atoms with Crippen molar-refractivity contribution >= 4 is 22.0 Å². The minimum atomic E-state index is -2.97. The molecule has 2 N–H and O–H groups in total. The number of aromatic amines is 1. The molecule has 0 aromatic carbocycles. The molecule has 1 saturated heterocycles. The predicted octanol–water partition coefficient (Wildman–Crippen LogP) is 0.952. The summed E-state index contributed by atoms with van der Waals surface area (Å²) >= 11 is 0. The molecule has 8 nitrogen and oxygen atoms in total. The average Bonchev–Trinajstić information content (AvgIpc) is 3.22. The second kappa shape index (κ2) is 6.23. The Kier molecular flexibility index (Phi) is 4.27. The van der Waals surface area contributed by atoms with Gasteiger partial charge in [-0.1, -0.05) is 0 Å². The van der Waals surface area contributed by atoms with E-state index in [4.69, 9.17) is 0 Å². The predicted molar refractivity (Wildman–Crippen MR) is 89.9 cm³/mol. The Hall–Kier alpha value is -2.42. The number of H-pyrrole nitrogens is 1. The van der Waals surface area contributed by atoms with Gasteiger partial charge in [-0.25, -0.2) is 13.8 Å². The third-order valence-corrected chi connectivity index (χ3v) is 5.89. The zero-order valence-corrected chi connectivity index (χ0v) is 14.3. The average molecular weight is 349 g/mol. The van der Waals surface area contributed by atoms with E-state index in [1.165, 1.54) is 0 Å². The molecule has 1 aliphatic heterocycles. The maximum absolute atomic E-state index is 11.8. The van der Waals surface area contributed by atoms with Crippen LogP contribution in [0.25, 0.3) is 0 Å². The van der Waals surface area contributed by atoms with Crippen LogP contribution in [0.5, 0.6) is 0 Å². The molecular weight excluding hydrogens is 330 g/mol. The lowest BCUT2D eigenvalue weighted by molar-refractivity contribution is 0.0951. The largest absolute Gasteiger partial charge is 0.357 e. The number of nitrogens with one attached hydrogen (secondary N) is 2. The molecule has 24 heavy (non-hydrogen) atoms. The summed E-state index contributed by atoms with van der Waals surface area (Å²) in [6.45, 7) is 3.71. The number of hydrogen-bond acceptors (Lipinski definition) is 5. The molecule has 1 amide bonds. The van der Waals surface area contributed by atoms with Gasteiger partial charge in [0.1, 0.15) is 5.69 Å². The van der Waals surface area contributed by atoms with Crippen molar-refractivity contribution in [3.05, 3.63) is 41.0 Å². The summed E-state index contributed by atoms with van der Waals surface area (Å²) < 4.78 is 25.1. The lowest BCUT2D eigenvalue weighted by Crippen LogP contribution is -2.18. The monoisotopic (exact) mass is 349 g/mol. The molecule has 0 spiro atoms. The molecule has 2 aromatic heterocycles. The van der Waals surface area contributed by atoms with Crippen molar-refractivity contribution in [1.29, 1.82) is 0 Å². The first kappa shape index (κ1) is 16.4. The van der Waals surface area contributed by atoms with E-state index in [0.29, 0.717) is 12.1 Å². The Morgan fingerprint density at radius 3 is 2.92 bits per heavy atom. The van der Waals surface area contributed by atoms with Gasteiger partial charge < -0.3 is 4.98 Å². The van der Waals surface area contributed by atoms with Gasteiger partial charge in [-0.05, 0) is 32.4 Å². The highest BCUT2D eigenvalue weighted by Crippen LogP contribution is 2.26. The fraction of sp³-hybridized carbons (Fsp3) is 0.400. The molecule has 0 saturated carbocycles. The van der Waals surface area contributed by atoms with Gasteiger partial charge in [-0.2, -0.15) is 10.2 Å². The van der Waals surface area contributed by atoms with Crippen LogP contribution in [-0.4, -0.2) is 46.8 Å². The van der Waals surface area contributed by atoms with Crippen LogP contribution in [0, 0.1) is 13.8 Å². The second-order valence-electron chi connectivity index (χ2n) is 5.87. The van der Waals surface area contributed by atoms with Crippen LogP contribution in [0.15, 0.2) is 23.4 Å². The van der Waals surface area contributed by atoms with Gasteiger partial charge >= 0.3 is 0 Å². The third-order valence-electron chi connectivity index (χ3n) is 4.14. The van der Waals surface area contributed by atoms with E-state index in [1.54, 1.807) is 29.2 Å². The van der Waals surface area contributed by atoms with Gasteiger partial charge in [-0.15, -0.1) is 0 Å². The van der Waals surface area contributed by atoms with Crippen LogP contribution in [-0.2, 0) is 9.84 Å². The minimum Gasteiger partial charge on any atom is -0.357 e. The van der Waals surface area contributed by atoms with Gasteiger partial charge in [0.05, 0.1) is 29.5 Å². The fourth-order valence-corrected chi connectivity index (χ4v) is 4.57. The van der Waals surface area contributed by atoms with E-state index in [0.717, 1.165) is 17.0 Å². The molecule has 1 fully saturated rings. The van der Waals surface area contributed by atoms with Crippen molar-refractivity contribution in [1.82, 2.24) is 20.2 Å². The van der Waals surface area contributed by atoms with Crippen LogP contribution in [0.2, 0.25) is 0 Å². The van der Waals surface area contributed by atoms with Gasteiger partial charge in [0.25, 0.3) is 5.91 Å². The highest BCUT2D eigenvalue weighted by Gasteiger charge is 2.31. The summed E-state index contributed by atoms with van der Waals surface area (Å²) in [5, 5.41) is 8.42. The van der Waals surface area contributed by atoms with Crippen molar-refractivity contribution in [2.75, 3.05) is 11.5 Å². The molecule has 0 bridgehead atoms. The lowest BCUT2D eigenvalue weighted by Gasteiger charge is -2.10. The van der Waals surface area contributed by atoms with Crippen molar-refractivity contribution in [3.63, 3.8) is 0 Å². The number of amides is 1. The first-order valence-electron chi connectivity index (χ1n) is 7.60. The summed E-state index contributed by atoms with van der Waals surface area (Å²) in [5.41, 5.74) is 5.24. The minimum absolute atomic E-state index is 0.120. The van der Waals surface area contributed by atoms with E-state index < -0.39 is 9.84 Å². The zero-order chi connectivity index (χ0) is 17.3. The number of aromatic nitrogens is 3. The van der Waals surface area contributed by atoms with E-state index in [2.05, 4.69) is 20.6 Å². The Bertz CT molecular complexity index is 881. The molecule has 0 unspecified atom stereocenters. The zero-order valence-electron chi connectivity index (χ0n) is 13.5. The molecule has 9 heteroatoms. The van der Waals surface area contributed by atoms with Crippen LogP contribution >= 0.6 is 0 Å². The molecule has 0 aliphatic carbocycles. The second-order valence-corrected chi connectivity index (χ2v) is 8.10. The molecule has 128 valence electrons. The molecule has 0 radical (unpaired) electrons. The number of rotatable bonds is 4. The Labute approximate surface area is 139 Å². The maximum Gasteiger partial charge on any atom is 0.287 e. The normalized spacial score (nSPS) is 19.8. The molecular formula is C15H19N5O3S. The van der Waals surface area contributed by atoms with Gasteiger partial charge in [0.2, 0.25) is 0 Å². The van der Waals surface area contributed by atoms with Crippen molar-refractivity contribution in [3.8, 4) is 0 Å².